The molecular weight excluding hydrogens is 485 g/mol. The molecule has 11 heteroatoms. The summed E-state index contributed by atoms with van der Waals surface area (Å²) in [6.45, 7) is 4.72. The van der Waals surface area contributed by atoms with Gasteiger partial charge in [-0.15, -0.1) is 0 Å². The summed E-state index contributed by atoms with van der Waals surface area (Å²) in [6, 6.07) is 12.2. The largest absolute Gasteiger partial charge is 0.496 e. The number of ether oxygens (including phenoxy) is 1. The normalized spacial score (nSPS) is 15.7. The number of aromatic nitrogens is 2. The topological polar surface area (TPSA) is 136 Å². The Morgan fingerprint density at radius 2 is 1.83 bits per heavy atom. The van der Waals surface area contributed by atoms with Crippen LogP contribution >= 0.6 is 7.14 Å². The molecule has 0 radical (unpaired) electrons. The number of rotatable bonds is 7. The standard InChI is InChI=1S/C24H30N5O4PS/c1-16(2)35(31,32)22-7-5-4-6-20(22)28-23-19(15-27-24(25)29-23)18-9-8-17(14-21(18)33-3)34(30)12-10-26-11-13-34/h4-9,14-16,26H,10-13H2,1-3H3,(H3,25,27,28,29). The monoisotopic (exact) mass is 515 g/mol. The van der Waals surface area contributed by atoms with Crippen molar-refractivity contribution < 1.29 is 17.7 Å². The molecule has 0 atom stereocenters. The summed E-state index contributed by atoms with van der Waals surface area (Å²) in [5.74, 6) is 0.898. The van der Waals surface area contributed by atoms with E-state index in [1.165, 1.54) is 0 Å². The summed E-state index contributed by atoms with van der Waals surface area (Å²) >= 11 is 0. The van der Waals surface area contributed by atoms with Crippen LogP contribution in [-0.2, 0) is 14.4 Å². The maximum Gasteiger partial charge on any atom is 0.221 e. The first-order valence-corrected chi connectivity index (χ1v) is 15.0. The maximum absolute atomic E-state index is 13.5. The molecule has 1 aliphatic rings. The Bertz CT molecular complexity index is 1380. The number of anilines is 3. The minimum absolute atomic E-state index is 0.0372. The predicted octanol–water partition coefficient (Wildman–Crippen LogP) is 3.25. The van der Waals surface area contributed by atoms with Crippen molar-refractivity contribution in [3.05, 3.63) is 48.7 Å². The minimum atomic E-state index is -3.55. The van der Waals surface area contributed by atoms with Crippen LogP contribution in [0.15, 0.2) is 53.6 Å². The lowest BCUT2D eigenvalue weighted by atomic mass is 10.1. The highest BCUT2D eigenvalue weighted by Crippen LogP contribution is 2.46. The summed E-state index contributed by atoms with van der Waals surface area (Å²) in [4.78, 5) is 8.68. The van der Waals surface area contributed by atoms with Gasteiger partial charge in [0.1, 0.15) is 18.7 Å². The number of nitrogen functional groups attached to an aromatic ring is 1. The molecule has 0 unspecified atom stereocenters. The second kappa shape index (κ2) is 9.97. The van der Waals surface area contributed by atoms with Crippen LogP contribution in [0.2, 0.25) is 0 Å². The van der Waals surface area contributed by atoms with Gasteiger partial charge >= 0.3 is 0 Å². The lowest BCUT2D eigenvalue weighted by Crippen LogP contribution is -2.32. The fraction of sp³-hybridized carbons (Fsp3) is 0.333. The van der Waals surface area contributed by atoms with Gasteiger partial charge in [-0.3, -0.25) is 0 Å². The molecule has 2 aromatic carbocycles. The van der Waals surface area contributed by atoms with E-state index in [0.29, 0.717) is 40.7 Å². The summed E-state index contributed by atoms with van der Waals surface area (Å²) in [5.41, 5.74) is 7.51. The van der Waals surface area contributed by atoms with Gasteiger partial charge in [-0.25, -0.2) is 13.4 Å². The van der Waals surface area contributed by atoms with Crippen LogP contribution < -0.4 is 26.4 Å². The molecule has 0 bridgehead atoms. The first kappa shape index (κ1) is 25.2. The van der Waals surface area contributed by atoms with Crippen LogP contribution in [0.3, 0.4) is 0 Å². The van der Waals surface area contributed by atoms with Crippen molar-refractivity contribution in [3.8, 4) is 16.9 Å². The fourth-order valence-electron chi connectivity index (χ4n) is 4.06. The average Bonchev–Trinajstić information content (AvgIpc) is 2.84. The Kier molecular flexibility index (Phi) is 7.17. The Balaban J connectivity index is 1.79. The first-order valence-electron chi connectivity index (χ1n) is 11.4. The lowest BCUT2D eigenvalue weighted by molar-refractivity contribution is 0.416. The smallest absolute Gasteiger partial charge is 0.221 e. The van der Waals surface area contributed by atoms with Gasteiger partial charge in [0.05, 0.1) is 22.9 Å². The number of benzene rings is 2. The van der Waals surface area contributed by atoms with Crippen molar-refractivity contribution in [2.45, 2.75) is 24.0 Å². The second-order valence-corrected chi connectivity index (χ2v) is 14.3. The zero-order valence-corrected chi connectivity index (χ0v) is 21.7. The molecule has 0 saturated carbocycles. The fourth-order valence-corrected chi connectivity index (χ4v) is 7.74. The maximum atomic E-state index is 13.5. The molecule has 0 spiro atoms. The third-order valence-electron chi connectivity index (χ3n) is 6.12. The highest BCUT2D eigenvalue weighted by molar-refractivity contribution is 7.92. The highest BCUT2D eigenvalue weighted by atomic mass is 32.2. The zero-order valence-electron chi connectivity index (χ0n) is 20.0. The summed E-state index contributed by atoms with van der Waals surface area (Å²) in [7, 11) is -4.50. The van der Waals surface area contributed by atoms with Crippen LogP contribution in [0.1, 0.15) is 13.8 Å². The molecule has 3 aromatic rings. The van der Waals surface area contributed by atoms with Crippen molar-refractivity contribution in [3.63, 3.8) is 0 Å². The average molecular weight is 516 g/mol. The van der Waals surface area contributed by atoms with Crippen LogP contribution in [0.4, 0.5) is 17.5 Å². The van der Waals surface area contributed by atoms with Gasteiger partial charge in [-0.1, -0.05) is 18.2 Å². The van der Waals surface area contributed by atoms with E-state index < -0.39 is 22.2 Å². The molecule has 4 N–H and O–H groups in total. The molecule has 35 heavy (non-hydrogen) atoms. The van der Waals surface area contributed by atoms with E-state index in [-0.39, 0.29) is 10.8 Å². The van der Waals surface area contributed by atoms with E-state index in [0.717, 1.165) is 18.4 Å². The van der Waals surface area contributed by atoms with Crippen molar-refractivity contribution in [1.82, 2.24) is 15.3 Å². The van der Waals surface area contributed by atoms with Crippen LogP contribution in [0.5, 0.6) is 5.75 Å². The number of para-hydroxylation sites is 1. The molecule has 1 aliphatic heterocycles. The van der Waals surface area contributed by atoms with Gasteiger partial charge in [0.15, 0.2) is 9.84 Å². The van der Waals surface area contributed by atoms with Crippen LogP contribution in [0.25, 0.3) is 11.1 Å². The first-order chi connectivity index (χ1) is 16.7. The van der Waals surface area contributed by atoms with Gasteiger partial charge in [0.25, 0.3) is 0 Å². The van der Waals surface area contributed by atoms with Crippen molar-refractivity contribution in [2.75, 3.05) is 43.6 Å². The molecule has 1 aromatic heterocycles. The van der Waals surface area contributed by atoms with E-state index in [9.17, 15) is 13.0 Å². The third kappa shape index (κ3) is 5.05. The predicted molar refractivity (Wildman–Crippen MR) is 140 cm³/mol. The van der Waals surface area contributed by atoms with Crippen molar-refractivity contribution in [1.29, 1.82) is 0 Å². The second-order valence-electron chi connectivity index (χ2n) is 8.68. The van der Waals surface area contributed by atoms with Crippen LogP contribution in [0, 0.1) is 0 Å². The number of nitrogens with zero attached hydrogens (tertiary/aromatic N) is 2. The number of sulfone groups is 1. The lowest BCUT2D eigenvalue weighted by Gasteiger charge is -2.25. The summed E-state index contributed by atoms with van der Waals surface area (Å²) < 4.78 is 45.0. The molecule has 186 valence electrons. The van der Waals surface area contributed by atoms with E-state index in [4.69, 9.17) is 10.5 Å². The Hall–Kier alpha value is -2.94. The third-order valence-corrected chi connectivity index (χ3v) is 11.4. The van der Waals surface area contributed by atoms with Gasteiger partial charge < -0.3 is 25.7 Å². The van der Waals surface area contributed by atoms with Gasteiger partial charge in [-0.05, 0) is 38.1 Å². The number of hydrogen-bond acceptors (Lipinski definition) is 9. The molecular formula is C24H30N5O4PS. The van der Waals surface area contributed by atoms with Crippen LogP contribution in [-0.4, -0.2) is 56.2 Å². The quantitative estimate of drug-likeness (QED) is 0.405. The van der Waals surface area contributed by atoms with E-state index >= 15 is 0 Å². The molecule has 2 heterocycles. The zero-order chi connectivity index (χ0) is 25.2. The van der Waals surface area contributed by atoms with Gasteiger partial charge in [0.2, 0.25) is 5.95 Å². The number of nitrogens with one attached hydrogen (secondary N) is 2. The van der Waals surface area contributed by atoms with Crippen molar-refractivity contribution >= 4 is 39.7 Å². The molecule has 0 aliphatic carbocycles. The Morgan fingerprint density at radius 3 is 2.51 bits per heavy atom. The SMILES string of the molecule is COc1cc(P2(=O)CCNCC2)ccc1-c1cnc(N)nc1Nc1ccccc1S(=O)(=O)C(C)C. The Labute approximate surface area is 205 Å². The Morgan fingerprint density at radius 1 is 1.11 bits per heavy atom. The molecule has 0 amide bonds. The highest BCUT2D eigenvalue weighted by Gasteiger charge is 2.29. The molecule has 1 saturated heterocycles. The van der Waals surface area contributed by atoms with Gasteiger partial charge in [0, 0.05) is 48.0 Å². The molecule has 9 nitrogen and oxygen atoms in total. The molecule has 4 rings (SSSR count). The van der Waals surface area contributed by atoms with E-state index in [1.54, 1.807) is 51.4 Å². The number of methoxy groups -OCH3 is 1. The minimum Gasteiger partial charge on any atom is -0.496 e. The van der Waals surface area contributed by atoms with E-state index in [2.05, 4.69) is 20.6 Å². The molecule has 1 fully saturated rings. The van der Waals surface area contributed by atoms with Crippen molar-refractivity contribution in [2.24, 2.45) is 0 Å². The summed E-state index contributed by atoms with van der Waals surface area (Å²) in [5, 5.41) is 6.58. The number of nitrogens with two attached hydrogens (primary N) is 1. The number of hydrogen-bond donors (Lipinski definition) is 3. The summed E-state index contributed by atoms with van der Waals surface area (Å²) in [6.07, 6.45) is 2.77. The van der Waals surface area contributed by atoms with E-state index in [1.807, 2.05) is 18.2 Å². The van der Waals surface area contributed by atoms with Gasteiger partial charge in [-0.2, -0.15) is 4.98 Å².